The maximum atomic E-state index is 13.0. The van der Waals surface area contributed by atoms with Crippen LogP contribution in [0, 0.1) is 0 Å². The second-order valence-corrected chi connectivity index (χ2v) is 6.31. The summed E-state index contributed by atoms with van der Waals surface area (Å²) in [6.45, 7) is -0.0737. The van der Waals surface area contributed by atoms with Crippen molar-refractivity contribution in [3.8, 4) is 0 Å². The first kappa shape index (κ1) is 20.0. The summed E-state index contributed by atoms with van der Waals surface area (Å²) in [6, 6.07) is 10.3. The van der Waals surface area contributed by atoms with Crippen LogP contribution in [0.4, 0.5) is 24.8 Å². The quantitative estimate of drug-likeness (QED) is 0.576. The van der Waals surface area contributed by atoms with E-state index in [-0.39, 0.29) is 25.4 Å². The Morgan fingerprint density at radius 2 is 1.96 bits per heavy atom. The van der Waals surface area contributed by atoms with Gasteiger partial charge in [-0.05, 0) is 30.3 Å². The molecular formula is C18H16ClF3N4O2. The molecule has 0 bridgehead atoms. The summed E-state index contributed by atoms with van der Waals surface area (Å²) in [5.74, 6) is -0.164. The van der Waals surface area contributed by atoms with Crippen molar-refractivity contribution in [2.24, 2.45) is 0 Å². The Morgan fingerprint density at radius 3 is 2.68 bits per heavy atom. The van der Waals surface area contributed by atoms with Gasteiger partial charge in [-0.3, -0.25) is 4.79 Å². The van der Waals surface area contributed by atoms with Crippen LogP contribution in [0.2, 0.25) is 5.02 Å². The fourth-order valence-electron chi connectivity index (χ4n) is 2.70. The van der Waals surface area contributed by atoms with Gasteiger partial charge in [-0.25, -0.2) is 4.98 Å². The monoisotopic (exact) mass is 412 g/mol. The minimum Gasteiger partial charge on any atom is -0.395 e. The number of para-hydroxylation sites is 2. The predicted octanol–water partition coefficient (Wildman–Crippen LogP) is 3.75. The number of nitrogens with zero attached hydrogens (tertiary/aromatic N) is 2. The van der Waals surface area contributed by atoms with Crippen molar-refractivity contribution in [2.75, 3.05) is 23.8 Å². The molecule has 2 aromatic carbocycles. The first-order valence-electron chi connectivity index (χ1n) is 8.26. The van der Waals surface area contributed by atoms with Crippen LogP contribution in [0.3, 0.4) is 0 Å². The summed E-state index contributed by atoms with van der Waals surface area (Å²) in [5, 5.41) is 13.9. The molecule has 28 heavy (non-hydrogen) atoms. The molecule has 1 heterocycles. The number of carbonyl (C=O) groups excluding carboxylic acids is 1. The van der Waals surface area contributed by atoms with Crippen LogP contribution >= 0.6 is 11.6 Å². The molecule has 3 rings (SSSR count). The molecule has 10 heteroatoms. The van der Waals surface area contributed by atoms with Gasteiger partial charge in [-0.1, -0.05) is 23.7 Å². The molecule has 0 aliphatic heterocycles. The van der Waals surface area contributed by atoms with Crippen molar-refractivity contribution in [3.63, 3.8) is 0 Å². The van der Waals surface area contributed by atoms with Gasteiger partial charge in [0.25, 0.3) is 0 Å². The lowest BCUT2D eigenvalue weighted by Gasteiger charge is -2.13. The summed E-state index contributed by atoms with van der Waals surface area (Å²) in [5.41, 5.74) is 0.271. The fraction of sp³-hybridized carbons (Fsp3) is 0.222. The number of anilines is 2. The number of aliphatic hydroxyl groups is 1. The van der Waals surface area contributed by atoms with Gasteiger partial charge in [0.2, 0.25) is 11.9 Å². The molecule has 0 unspecified atom stereocenters. The highest BCUT2D eigenvalue weighted by molar-refractivity contribution is 6.31. The third-order valence-corrected chi connectivity index (χ3v) is 4.24. The first-order valence-corrected chi connectivity index (χ1v) is 8.64. The van der Waals surface area contributed by atoms with E-state index in [2.05, 4.69) is 15.6 Å². The number of aromatic nitrogens is 2. The largest absolute Gasteiger partial charge is 0.417 e. The van der Waals surface area contributed by atoms with Crippen LogP contribution in [0.25, 0.3) is 11.0 Å². The molecule has 0 saturated carbocycles. The van der Waals surface area contributed by atoms with Crippen molar-refractivity contribution in [2.45, 2.75) is 12.7 Å². The van der Waals surface area contributed by atoms with E-state index in [1.807, 2.05) is 0 Å². The number of halogens is 4. The van der Waals surface area contributed by atoms with Crippen LogP contribution < -0.4 is 10.6 Å². The average Bonchev–Trinajstić information content (AvgIpc) is 2.98. The van der Waals surface area contributed by atoms with E-state index in [0.29, 0.717) is 17.0 Å². The second kappa shape index (κ2) is 8.07. The van der Waals surface area contributed by atoms with Crippen molar-refractivity contribution in [3.05, 3.63) is 53.1 Å². The molecule has 0 saturated heterocycles. The van der Waals surface area contributed by atoms with Gasteiger partial charge in [0.05, 0.1) is 28.2 Å². The number of nitrogens with one attached hydrogen (secondary N) is 2. The van der Waals surface area contributed by atoms with Gasteiger partial charge in [0.15, 0.2) is 0 Å². The number of carbonyl (C=O) groups is 1. The van der Waals surface area contributed by atoms with E-state index in [1.165, 1.54) is 6.07 Å². The number of hydrogen-bond acceptors (Lipinski definition) is 4. The Kier molecular flexibility index (Phi) is 5.76. The smallest absolute Gasteiger partial charge is 0.395 e. The molecule has 0 aliphatic rings. The lowest BCUT2D eigenvalue weighted by Crippen LogP contribution is -2.21. The number of aliphatic hydroxyl groups excluding tert-OH is 1. The Hall–Kier alpha value is -2.78. The SMILES string of the molecule is O=C(Cn1c(NCCO)nc2ccccc21)Nc1ccc(Cl)c(C(F)(F)F)c1. The van der Waals surface area contributed by atoms with Gasteiger partial charge < -0.3 is 20.3 Å². The van der Waals surface area contributed by atoms with Crippen LogP contribution in [0.1, 0.15) is 5.56 Å². The summed E-state index contributed by atoms with van der Waals surface area (Å²) >= 11 is 5.59. The molecule has 1 aromatic heterocycles. The van der Waals surface area contributed by atoms with Gasteiger partial charge in [-0.15, -0.1) is 0 Å². The molecule has 1 amide bonds. The fourth-order valence-corrected chi connectivity index (χ4v) is 2.93. The van der Waals surface area contributed by atoms with E-state index in [4.69, 9.17) is 16.7 Å². The summed E-state index contributed by atoms with van der Waals surface area (Å²) in [6.07, 6.45) is -4.63. The minimum absolute atomic E-state index is 0.0176. The molecule has 3 N–H and O–H groups in total. The van der Waals surface area contributed by atoms with E-state index in [9.17, 15) is 18.0 Å². The van der Waals surface area contributed by atoms with Crippen LogP contribution in [-0.2, 0) is 17.5 Å². The van der Waals surface area contributed by atoms with Gasteiger partial charge in [0.1, 0.15) is 6.54 Å². The standard InChI is InChI=1S/C18H16ClF3N4O2/c19-13-6-5-11(9-12(13)18(20,21)22)24-16(28)10-26-15-4-2-1-3-14(15)25-17(26)23-7-8-27/h1-6,9,27H,7-8,10H2,(H,23,25)(H,24,28). The zero-order valence-electron chi connectivity index (χ0n) is 14.4. The molecule has 0 atom stereocenters. The molecule has 0 spiro atoms. The molecule has 0 radical (unpaired) electrons. The molecule has 0 fully saturated rings. The van der Waals surface area contributed by atoms with E-state index in [0.717, 1.165) is 12.1 Å². The highest BCUT2D eigenvalue weighted by atomic mass is 35.5. The van der Waals surface area contributed by atoms with E-state index >= 15 is 0 Å². The molecule has 6 nitrogen and oxygen atoms in total. The van der Waals surface area contributed by atoms with Crippen LogP contribution in [0.5, 0.6) is 0 Å². The van der Waals surface area contributed by atoms with Crippen LogP contribution in [-0.4, -0.2) is 33.7 Å². The summed E-state index contributed by atoms with van der Waals surface area (Å²) < 4.78 is 40.5. The minimum atomic E-state index is -4.63. The number of benzene rings is 2. The normalized spacial score (nSPS) is 11.6. The van der Waals surface area contributed by atoms with Crippen molar-refractivity contribution in [1.29, 1.82) is 0 Å². The molecule has 0 aliphatic carbocycles. The average molecular weight is 413 g/mol. The number of hydrogen-bond donors (Lipinski definition) is 3. The Balaban J connectivity index is 1.84. The lowest BCUT2D eigenvalue weighted by atomic mass is 10.2. The maximum Gasteiger partial charge on any atom is 0.417 e. The molecule has 148 valence electrons. The Labute approximate surface area is 162 Å². The molecular weight excluding hydrogens is 397 g/mol. The zero-order chi connectivity index (χ0) is 20.3. The maximum absolute atomic E-state index is 13.0. The number of imidazole rings is 1. The Morgan fingerprint density at radius 1 is 1.21 bits per heavy atom. The predicted molar refractivity (Wildman–Crippen MR) is 100 cm³/mol. The number of rotatable bonds is 6. The number of amides is 1. The first-order chi connectivity index (χ1) is 13.3. The van der Waals surface area contributed by atoms with Gasteiger partial charge >= 0.3 is 6.18 Å². The number of fused-ring (bicyclic) bond motifs is 1. The van der Waals surface area contributed by atoms with Gasteiger partial charge in [0, 0.05) is 12.2 Å². The van der Waals surface area contributed by atoms with Crippen molar-refractivity contribution in [1.82, 2.24) is 9.55 Å². The van der Waals surface area contributed by atoms with Crippen molar-refractivity contribution >= 4 is 40.2 Å². The van der Waals surface area contributed by atoms with E-state index < -0.39 is 22.7 Å². The van der Waals surface area contributed by atoms with Gasteiger partial charge in [-0.2, -0.15) is 13.2 Å². The third kappa shape index (κ3) is 4.37. The summed E-state index contributed by atoms with van der Waals surface area (Å²) in [7, 11) is 0. The summed E-state index contributed by atoms with van der Waals surface area (Å²) in [4.78, 5) is 16.8. The highest BCUT2D eigenvalue weighted by Gasteiger charge is 2.33. The second-order valence-electron chi connectivity index (χ2n) is 5.90. The Bertz CT molecular complexity index is 1000. The molecule has 3 aromatic rings. The third-order valence-electron chi connectivity index (χ3n) is 3.91. The van der Waals surface area contributed by atoms with E-state index in [1.54, 1.807) is 28.8 Å². The lowest BCUT2D eigenvalue weighted by molar-refractivity contribution is -0.137. The zero-order valence-corrected chi connectivity index (χ0v) is 15.2. The van der Waals surface area contributed by atoms with Crippen molar-refractivity contribution < 1.29 is 23.1 Å². The topological polar surface area (TPSA) is 79.2 Å². The highest BCUT2D eigenvalue weighted by Crippen LogP contribution is 2.36. The van der Waals surface area contributed by atoms with Crippen LogP contribution in [0.15, 0.2) is 42.5 Å². The number of alkyl halides is 3.